The molecule has 0 bridgehead atoms. The normalized spacial score (nSPS) is 11.1. The quantitative estimate of drug-likeness (QED) is 0.833. The van der Waals surface area contributed by atoms with Crippen molar-refractivity contribution in [1.82, 2.24) is 9.88 Å². The van der Waals surface area contributed by atoms with Crippen molar-refractivity contribution in [2.24, 2.45) is 0 Å². The predicted octanol–water partition coefficient (Wildman–Crippen LogP) is 2.35. The molecule has 16 heavy (non-hydrogen) atoms. The largest absolute Gasteiger partial charge is 0.364 e. The molecule has 2 rings (SSSR count). The lowest BCUT2D eigenvalue weighted by Crippen LogP contribution is -2.11. The van der Waals surface area contributed by atoms with Gasteiger partial charge in [-0.2, -0.15) is 0 Å². The second-order valence-electron chi connectivity index (χ2n) is 3.84. The maximum atomic E-state index is 5.20. The first-order valence-corrected chi connectivity index (χ1v) is 5.63. The van der Waals surface area contributed by atoms with Crippen LogP contribution in [0.4, 0.5) is 0 Å². The van der Waals surface area contributed by atoms with Crippen LogP contribution in [-0.2, 0) is 18.0 Å². The highest BCUT2D eigenvalue weighted by atomic mass is 16.5. The Labute approximate surface area is 96.0 Å². The van der Waals surface area contributed by atoms with Crippen LogP contribution in [0.1, 0.15) is 12.5 Å². The van der Waals surface area contributed by atoms with Crippen LogP contribution < -0.4 is 5.32 Å². The summed E-state index contributed by atoms with van der Waals surface area (Å²) in [5.74, 6) is 0. The van der Waals surface area contributed by atoms with E-state index in [1.165, 1.54) is 16.5 Å². The first kappa shape index (κ1) is 11.2. The first-order chi connectivity index (χ1) is 7.86. The molecule has 1 aromatic carbocycles. The summed E-state index contributed by atoms with van der Waals surface area (Å²) < 4.78 is 7.34. The number of methoxy groups -OCH3 is 1. The van der Waals surface area contributed by atoms with Crippen LogP contribution in [0.3, 0.4) is 0 Å². The molecule has 0 spiro atoms. The molecular formula is C13H18N2O. The SMILES string of the molecule is CCNCc1cn(COC)c2ccccc12. The molecule has 1 heterocycles. The van der Waals surface area contributed by atoms with Gasteiger partial charge in [0.15, 0.2) is 0 Å². The van der Waals surface area contributed by atoms with Crippen LogP contribution in [0.25, 0.3) is 10.9 Å². The molecule has 0 aliphatic heterocycles. The van der Waals surface area contributed by atoms with E-state index in [1.54, 1.807) is 7.11 Å². The van der Waals surface area contributed by atoms with Gasteiger partial charge in [-0.25, -0.2) is 0 Å². The van der Waals surface area contributed by atoms with Gasteiger partial charge in [0.1, 0.15) is 6.73 Å². The molecule has 86 valence electrons. The van der Waals surface area contributed by atoms with Crippen molar-refractivity contribution < 1.29 is 4.74 Å². The predicted molar refractivity (Wildman–Crippen MR) is 66.3 cm³/mol. The van der Waals surface area contributed by atoms with Crippen molar-refractivity contribution in [2.45, 2.75) is 20.2 Å². The molecule has 3 heteroatoms. The Hall–Kier alpha value is -1.32. The van der Waals surface area contributed by atoms with Gasteiger partial charge in [0, 0.05) is 25.2 Å². The highest BCUT2D eigenvalue weighted by Gasteiger charge is 2.06. The number of hydrogen-bond acceptors (Lipinski definition) is 2. The molecule has 0 amide bonds. The van der Waals surface area contributed by atoms with E-state index >= 15 is 0 Å². The number of fused-ring (bicyclic) bond motifs is 1. The number of para-hydroxylation sites is 1. The number of nitrogens with zero attached hydrogens (tertiary/aromatic N) is 1. The minimum absolute atomic E-state index is 0.604. The second-order valence-corrected chi connectivity index (χ2v) is 3.84. The van der Waals surface area contributed by atoms with Crippen LogP contribution in [0, 0.1) is 0 Å². The van der Waals surface area contributed by atoms with E-state index in [4.69, 9.17) is 4.74 Å². The Bertz CT molecular complexity index is 462. The summed E-state index contributed by atoms with van der Waals surface area (Å²) >= 11 is 0. The molecule has 1 aromatic heterocycles. The Balaban J connectivity index is 2.40. The number of aromatic nitrogens is 1. The Kier molecular flexibility index (Phi) is 3.59. The molecule has 0 fully saturated rings. The summed E-state index contributed by atoms with van der Waals surface area (Å²) in [6.07, 6.45) is 2.16. The first-order valence-electron chi connectivity index (χ1n) is 5.63. The molecule has 0 saturated carbocycles. The summed E-state index contributed by atoms with van der Waals surface area (Å²) in [5, 5.41) is 4.66. The number of hydrogen-bond donors (Lipinski definition) is 1. The zero-order valence-electron chi connectivity index (χ0n) is 9.86. The molecule has 0 aliphatic rings. The highest BCUT2D eigenvalue weighted by molar-refractivity contribution is 5.83. The lowest BCUT2D eigenvalue weighted by Gasteiger charge is -2.01. The number of nitrogens with one attached hydrogen (secondary N) is 1. The molecule has 2 aromatic rings. The average molecular weight is 218 g/mol. The third-order valence-corrected chi connectivity index (χ3v) is 2.70. The van der Waals surface area contributed by atoms with Gasteiger partial charge in [-0.3, -0.25) is 0 Å². The van der Waals surface area contributed by atoms with Gasteiger partial charge in [-0.15, -0.1) is 0 Å². The lowest BCUT2D eigenvalue weighted by molar-refractivity contribution is 0.134. The van der Waals surface area contributed by atoms with E-state index in [2.05, 4.69) is 47.3 Å². The van der Waals surface area contributed by atoms with Crippen LogP contribution in [0.2, 0.25) is 0 Å². The topological polar surface area (TPSA) is 26.2 Å². The Morgan fingerprint density at radius 3 is 2.88 bits per heavy atom. The molecule has 0 radical (unpaired) electrons. The van der Waals surface area contributed by atoms with E-state index in [0.717, 1.165) is 13.1 Å². The van der Waals surface area contributed by atoms with Crippen molar-refractivity contribution in [3.05, 3.63) is 36.0 Å². The maximum absolute atomic E-state index is 5.20. The molecule has 0 aliphatic carbocycles. The van der Waals surface area contributed by atoms with Gasteiger partial charge in [-0.1, -0.05) is 25.1 Å². The van der Waals surface area contributed by atoms with E-state index in [0.29, 0.717) is 6.73 Å². The Morgan fingerprint density at radius 2 is 2.12 bits per heavy atom. The molecule has 0 saturated heterocycles. The number of ether oxygens (including phenoxy) is 1. The van der Waals surface area contributed by atoms with Gasteiger partial charge in [0.2, 0.25) is 0 Å². The van der Waals surface area contributed by atoms with Crippen molar-refractivity contribution in [2.75, 3.05) is 13.7 Å². The van der Waals surface area contributed by atoms with E-state index in [1.807, 2.05) is 0 Å². The summed E-state index contributed by atoms with van der Waals surface area (Å²) in [4.78, 5) is 0. The molecule has 3 nitrogen and oxygen atoms in total. The maximum Gasteiger partial charge on any atom is 0.122 e. The van der Waals surface area contributed by atoms with Crippen molar-refractivity contribution in [1.29, 1.82) is 0 Å². The molecule has 1 N–H and O–H groups in total. The summed E-state index contributed by atoms with van der Waals surface area (Å²) in [6, 6.07) is 8.43. The lowest BCUT2D eigenvalue weighted by atomic mass is 10.2. The summed E-state index contributed by atoms with van der Waals surface area (Å²) in [5.41, 5.74) is 2.56. The highest BCUT2D eigenvalue weighted by Crippen LogP contribution is 2.21. The van der Waals surface area contributed by atoms with Crippen molar-refractivity contribution >= 4 is 10.9 Å². The zero-order chi connectivity index (χ0) is 11.4. The van der Waals surface area contributed by atoms with E-state index in [-0.39, 0.29) is 0 Å². The fourth-order valence-electron chi connectivity index (χ4n) is 1.97. The van der Waals surface area contributed by atoms with Crippen molar-refractivity contribution in [3.8, 4) is 0 Å². The monoisotopic (exact) mass is 218 g/mol. The summed E-state index contributed by atoms with van der Waals surface area (Å²) in [7, 11) is 1.72. The Morgan fingerprint density at radius 1 is 1.31 bits per heavy atom. The van der Waals surface area contributed by atoms with Gasteiger partial charge < -0.3 is 14.6 Å². The van der Waals surface area contributed by atoms with E-state index < -0.39 is 0 Å². The smallest absolute Gasteiger partial charge is 0.122 e. The third kappa shape index (κ3) is 2.10. The van der Waals surface area contributed by atoms with Gasteiger partial charge >= 0.3 is 0 Å². The van der Waals surface area contributed by atoms with Crippen LogP contribution in [0.15, 0.2) is 30.5 Å². The van der Waals surface area contributed by atoms with E-state index in [9.17, 15) is 0 Å². The fourth-order valence-corrected chi connectivity index (χ4v) is 1.97. The van der Waals surface area contributed by atoms with Crippen LogP contribution in [0.5, 0.6) is 0 Å². The van der Waals surface area contributed by atoms with Crippen LogP contribution in [-0.4, -0.2) is 18.2 Å². The molecule has 0 unspecified atom stereocenters. The van der Waals surface area contributed by atoms with Gasteiger partial charge in [-0.05, 0) is 18.2 Å². The average Bonchev–Trinajstić information content (AvgIpc) is 2.66. The minimum Gasteiger partial charge on any atom is -0.364 e. The number of benzene rings is 1. The molecule has 0 atom stereocenters. The van der Waals surface area contributed by atoms with Crippen molar-refractivity contribution in [3.63, 3.8) is 0 Å². The molecular weight excluding hydrogens is 200 g/mol. The second kappa shape index (κ2) is 5.14. The van der Waals surface area contributed by atoms with Gasteiger partial charge in [0.25, 0.3) is 0 Å². The minimum atomic E-state index is 0.604. The standard InChI is InChI=1S/C13H18N2O/c1-3-14-8-11-9-15(10-16-2)13-7-5-4-6-12(11)13/h4-7,9,14H,3,8,10H2,1-2H3. The third-order valence-electron chi connectivity index (χ3n) is 2.70. The van der Waals surface area contributed by atoms with Crippen LogP contribution >= 0.6 is 0 Å². The van der Waals surface area contributed by atoms with Gasteiger partial charge in [0.05, 0.1) is 5.52 Å². The number of rotatable bonds is 5. The fraction of sp³-hybridized carbons (Fsp3) is 0.385. The summed E-state index contributed by atoms with van der Waals surface area (Å²) in [6.45, 7) is 4.62. The zero-order valence-corrected chi connectivity index (χ0v) is 9.86.